The fourth-order valence-corrected chi connectivity index (χ4v) is 8.15. The van der Waals surface area contributed by atoms with Crippen LogP contribution >= 0.6 is 0 Å². The Hall–Kier alpha value is -6.68. The van der Waals surface area contributed by atoms with Gasteiger partial charge < -0.3 is 9.88 Å². The van der Waals surface area contributed by atoms with Crippen LogP contribution in [0.3, 0.4) is 0 Å². The molecule has 0 bridgehead atoms. The highest BCUT2D eigenvalue weighted by Crippen LogP contribution is 2.47. The van der Waals surface area contributed by atoms with Crippen molar-refractivity contribution in [1.29, 1.82) is 0 Å². The summed E-state index contributed by atoms with van der Waals surface area (Å²) in [5.41, 5.74) is -0.869. The van der Waals surface area contributed by atoms with E-state index in [0.29, 0.717) is 51.1 Å². The first kappa shape index (κ1) is 32.9. The van der Waals surface area contributed by atoms with Crippen LogP contribution in [-0.2, 0) is 18.9 Å². The van der Waals surface area contributed by atoms with Crippen molar-refractivity contribution in [2.24, 2.45) is 0 Å². The highest BCUT2D eigenvalue weighted by molar-refractivity contribution is 6.25. The lowest BCUT2D eigenvalue weighted by molar-refractivity contribution is -0.140. The van der Waals surface area contributed by atoms with Gasteiger partial charge in [0.2, 0.25) is 0 Å². The van der Waals surface area contributed by atoms with E-state index in [1.807, 2.05) is 54.6 Å². The highest BCUT2D eigenvalue weighted by Gasteiger charge is 2.41. The molecule has 6 aromatic carbocycles. The van der Waals surface area contributed by atoms with E-state index >= 15 is 26.3 Å². The van der Waals surface area contributed by atoms with Gasteiger partial charge >= 0.3 is 12.4 Å². The van der Waals surface area contributed by atoms with Crippen LogP contribution in [0.5, 0.6) is 0 Å². The van der Waals surface area contributed by atoms with Gasteiger partial charge in [-0.2, -0.15) is 26.3 Å². The zero-order chi connectivity index (χ0) is 37.6. The molecule has 9 aromatic rings. The van der Waals surface area contributed by atoms with Gasteiger partial charge in [-0.05, 0) is 98.2 Å². The van der Waals surface area contributed by atoms with Crippen molar-refractivity contribution in [2.45, 2.75) is 18.9 Å². The molecule has 0 unspecified atom stereocenters. The number of hydrogen-bond acceptors (Lipinski definition) is 3. The summed E-state index contributed by atoms with van der Waals surface area (Å²) in [5, 5.41) is 9.57. The topological polar surface area (TPSA) is 42.7 Å². The first-order valence-electron chi connectivity index (χ1n) is 17.5. The lowest BCUT2D eigenvalue weighted by atomic mass is 9.89. The third-order valence-electron chi connectivity index (χ3n) is 10.5. The summed E-state index contributed by atoms with van der Waals surface area (Å²) in [7, 11) is 0. The standard InChI is InChI=1S/C45H26F6N4/c46-44(47,48)34-23-40(55-39-10-2-1-8-30(39)31-17-19-52-24-41(31)55)35(45(49,50)51)22-33(34)37-20-28(21-38(54-37)36-9-3-4-18-53-36)29-15-13-27-12-11-25-6-5-7-26-14-16-32(29)43(27)42(25)26/h1-23,52H,24H2. The van der Waals surface area contributed by atoms with Gasteiger partial charge in [-0.15, -0.1) is 0 Å². The summed E-state index contributed by atoms with van der Waals surface area (Å²) in [6, 6.07) is 34.2. The second kappa shape index (κ2) is 11.9. The monoisotopic (exact) mass is 736 g/mol. The molecule has 4 heterocycles. The molecule has 0 spiro atoms. The quantitative estimate of drug-likeness (QED) is 0.145. The van der Waals surface area contributed by atoms with Crippen molar-refractivity contribution in [1.82, 2.24) is 19.9 Å². The van der Waals surface area contributed by atoms with Crippen molar-refractivity contribution in [3.05, 3.63) is 156 Å². The lowest BCUT2D eigenvalue weighted by Gasteiger charge is -2.23. The summed E-state index contributed by atoms with van der Waals surface area (Å²) in [4.78, 5) is 9.03. The molecule has 0 aliphatic carbocycles. The van der Waals surface area contributed by atoms with Crippen molar-refractivity contribution in [3.63, 3.8) is 0 Å². The second-order valence-corrected chi connectivity index (χ2v) is 13.6. The van der Waals surface area contributed by atoms with E-state index in [1.165, 1.54) is 16.8 Å². The summed E-state index contributed by atoms with van der Waals surface area (Å²) in [6.45, 7) is 0.122. The summed E-state index contributed by atoms with van der Waals surface area (Å²) < 4.78 is 93.3. The Morgan fingerprint density at radius 3 is 2.05 bits per heavy atom. The van der Waals surface area contributed by atoms with E-state index in [0.717, 1.165) is 32.3 Å². The zero-order valence-corrected chi connectivity index (χ0v) is 28.6. The molecule has 10 rings (SSSR count). The smallest absolute Gasteiger partial charge is 0.385 e. The minimum absolute atomic E-state index is 0.122. The molecule has 0 radical (unpaired) electrons. The van der Waals surface area contributed by atoms with Crippen LogP contribution in [0.25, 0.3) is 88.8 Å². The molecule has 10 heteroatoms. The molecular formula is C45H26F6N4. The Morgan fingerprint density at radius 2 is 1.29 bits per heavy atom. The fourth-order valence-electron chi connectivity index (χ4n) is 8.15. The molecule has 1 aliphatic rings. The van der Waals surface area contributed by atoms with Crippen LogP contribution in [-0.4, -0.2) is 14.5 Å². The third-order valence-corrected chi connectivity index (χ3v) is 10.5. The van der Waals surface area contributed by atoms with Gasteiger partial charge in [-0.3, -0.25) is 4.98 Å². The number of halogens is 6. The molecule has 0 atom stereocenters. The Morgan fingerprint density at radius 1 is 0.582 bits per heavy atom. The number of aromatic nitrogens is 3. The normalized spacial score (nSPS) is 13.3. The number of hydrogen-bond donors (Lipinski definition) is 1. The van der Waals surface area contributed by atoms with E-state index in [-0.39, 0.29) is 17.9 Å². The van der Waals surface area contributed by atoms with Crippen LogP contribution in [0.15, 0.2) is 134 Å². The first-order chi connectivity index (χ1) is 26.5. The first-order valence-corrected chi connectivity index (χ1v) is 17.5. The predicted molar refractivity (Wildman–Crippen MR) is 205 cm³/mol. The average molecular weight is 737 g/mol. The molecule has 268 valence electrons. The minimum atomic E-state index is -5.05. The number of para-hydroxylation sites is 1. The highest BCUT2D eigenvalue weighted by atomic mass is 19.4. The molecule has 0 amide bonds. The van der Waals surface area contributed by atoms with Gasteiger partial charge in [-0.1, -0.05) is 78.9 Å². The van der Waals surface area contributed by atoms with Crippen LogP contribution < -0.4 is 5.32 Å². The van der Waals surface area contributed by atoms with Gasteiger partial charge in [-0.25, -0.2) is 4.98 Å². The molecule has 55 heavy (non-hydrogen) atoms. The SMILES string of the molecule is FC(F)(F)c1cc(-n2c3c(c4ccccc42)C=CNC3)c(C(F)(F)F)cc1-c1cc(-c2ccc3ccc4cccc5ccc2c3c45)cc(-c2ccccn2)n1. The molecule has 1 N–H and O–H groups in total. The van der Waals surface area contributed by atoms with Crippen LogP contribution in [0, 0.1) is 0 Å². The van der Waals surface area contributed by atoms with E-state index in [2.05, 4.69) is 15.3 Å². The number of nitrogens with zero attached hydrogens (tertiary/aromatic N) is 3. The summed E-state index contributed by atoms with van der Waals surface area (Å²) in [5.74, 6) is 0. The Balaban J connectivity index is 1.27. The van der Waals surface area contributed by atoms with Crippen LogP contribution in [0.4, 0.5) is 26.3 Å². The Kier molecular flexibility index (Phi) is 7.13. The number of fused-ring (bicyclic) bond motifs is 3. The van der Waals surface area contributed by atoms with Crippen molar-refractivity contribution < 1.29 is 26.3 Å². The third kappa shape index (κ3) is 5.23. The Labute approximate surface area is 309 Å². The molecule has 3 aromatic heterocycles. The van der Waals surface area contributed by atoms with Gasteiger partial charge in [0.25, 0.3) is 0 Å². The van der Waals surface area contributed by atoms with Gasteiger partial charge in [0, 0.05) is 22.7 Å². The lowest BCUT2D eigenvalue weighted by Crippen LogP contribution is -2.19. The zero-order valence-electron chi connectivity index (χ0n) is 28.6. The summed E-state index contributed by atoms with van der Waals surface area (Å²) >= 11 is 0. The van der Waals surface area contributed by atoms with Gasteiger partial charge in [0.1, 0.15) is 0 Å². The number of pyridine rings is 2. The number of alkyl halides is 6. The molecule has 4 nitrogen and oxygen atoms in total. The van der Waals surface area contributed by atoms with E-state index in [1.54, 1.807) is 60.8 Å². The second-order valence-electron chi connectivity index (χ2n) is 13.6. The number of rotatable bonds is 4. The van der Waals surface area contributed by atoms with E-state index in [9.17, 15) is 0 Å². The fraction of sp³-hybridized carbons (Fsp3) is 0.0667. The molecule has 0 saturated carbocycles. The maximum Gasteiger partial charge on any atom is 0.418 e. The maximum atomic E-state index is 15.4. The van der Waals surface area contributed by atoms with Crippen LogP contribution in [0.1, 0.15) is 22.4 Å². The van der Waals surface area contributed by atoms with Crippen molar-refractivity contribution in [2.75, 3.05) is 0 Å². The van der Waals surface area contributed by atoms with Gasteiger partial charge in [0.05, 0.1) is 51.7 Å². The molecular weight excluding hydrogens is 711 g/mol. The van der Waals surface area contributed by atoms with Crippen molar-refractivity contribution in [3.8, 4) is 39.5 Å². The van der Waals surface area contributed by atoms with Crippen LogP contribution in [0.2, 0.25) is 0 Å². The predicted octanol–water partition coefficient (Wildman–Crippen LogP) is 12.4. The molecule has 0 fully saturated rings. The van der Waals surface area contributed by atoms with E-state index in [4.69, 9.17) is 0 Å². The number of benzene rings is 6. The Bertz CT molecular complexity index is 3000. The largest absolute Gasteiger partial charge is 0.418 e. The van der Waals surface area contributed by atoms with Crippen molar-refractivity contribution >= 4 is 49.3 Å². The maximum absolute atomic E-state index is 15.4. The molecule has 1 aliphatic heterocycles. The number of nitrogens with one attached hydrogen (secondary N) is 1. The average Bonchev–Trinajstić information content (AvgIpc) is 3.53. The molecule has 0 saturated heterocycles. The van der Waals surface area contributed by atoms with Gasteiger partial charge in [0.15, 0.2) is 0 Å². The van der Waals surface area contributed by atoms with E-state index < -0.39 is 34.7 Å². The minimum Gasteiger partial charge on any atom is -0.385 e. The summed E-state index contributed by atoms with van der Waals surface area (Å²) in [6.07, 6.45) is -5.16.